The van der Waals surface area contributed by atoms with Crippen LogP contribution in [-0.4, -0.2) is 30.5 Å². The van der Waals surface area contributed by atoms with Crippen molar-refractivity contribution in [3.63, 3.8) is 0 Å². The first-order valence-corrected chi connectivity index (χ1v) is 11.3. The number of benzene rings is 2. The Balaban J connectivity index is 1.58. The largest absolute Gasteiger partial charge is 0.445 e. The topological polar surface area (TPSA) is 111 Å². The van der Waals surface area contributed by atoms with Crippen molar-refractivity contribution in [3.05, 3.63) is 69.3 Å². The van der Waals surface area contributed by atoms with Crippen molar-refractivity contribution in [1.82, 2.24) is 10.6 Å². The van der Waals surface area contributed by atoms with Crippen LogP contribution in [0.3, 0.4) is 0 Å². The third-order valence-corrected chi connectivity index (χ3v) is 5.24. The number of carbonyl (C=O) groups excluding carboxylic acids is 3. The molecule has 166 valence electrons. The Bertz CT molecular complexity index is 861. The Labute approximate surface area is 196 Å². The molecule has 0 fully saturated rings. The normalized spacial score (nSPS) is 11.4. The van der Waals surface area contributed by atoms with E-state index in [0.29, 0.717) is 25.8 Å². The molecule has 2 rings (SSSR count). The maximum Gasteiger partial charge on any atom is 0.407 e. The first kappa shape index (κ1) is 24.6. The van der Waals surface area contributed by atoms with E-state index in [1.165, 1.54) is 0 Å². The second-order valence-corrected chi connectivity index (χ2v) is 8.40. The van der Waals surface area contributed by atoms with Crippen LogP contribution in [0.15, 0.2) is 54.6 Å². The van der Waals surface area contributed by atoms with Crippen LogP contribution < -0.4 is 16.4 Å². The molecule has 7 nitrogen and oxygen atoms in total. The molecule has 0 unspecified atom stereocenters. The standard InChI is InChI=1S/C23H28IN3O4/c24-19-11-7-10-18(14-19)15-20(22(25)29)27-21(28)12-5-2-6-13-26-23(30)31-16-17-8-3-1-4-9-17/h1,3-4,7-11,14,20H,2,5-6,12-13,15-16H2,(H2,25,29)(H,26,30)(H,27,28)/t20-/m1/s1. The minimum absolute atomic E-state index is 0.204. The number of alkyl carbamates (subject to hydrolysis) is 1. The molecule has 0 aromatic heterocycles. The van der Waals surface area contributed by atoms with Crippen LogP contribution in [0.4, 0.5) is 4.79 Å². The lowest BCUT2D eigenvalue weighted by atomic mass is 10.1. The van der Waals surface area contributed by atoms with Crippen LogP contribution in [0.1, 0.15) is 36.8 Å². The number of nitrogens with one attached hydrogen (secondary N) is 2. The number of hydrogen-bond acceptors (Lipinski definition) is 4. The van der Waals surface area contributed by atoms with E-state index in [4.69, 9.17) is 10.5 Å². The van der Waals surface area contributed by atoms with Crippen LogP contribution in [0.5, 0.6) is 0 Å². The summed E-state index contributed by atoms with van der Waals surface area (Å²) in [4.78, 5) is 35.5. The molecule has 0 spiro atoms. The SMILES string of the molecule is NC(=O)[C@@H](Cc1cccc(I)c1)NC(=O)CCCCCNC(=O)OCc1ccccc1. The zero-order valence-electron chi connectivity index (χ0n) is 17.3. The van der Waals surface area contributed by atoms with Crippen LogP contribution in [0, 0.1) is 3.57 Å². The van der Waals surface area contributed by atoms with Gasteiger partial charge in [-0.25, -0.2) is 4.79 Å². The summed E-state index contributed by atoms with van der Waals surface area (Å²) in [5.74, 6) is -0.755. The summed E-state index contributed by atoms with van der Waals surface area (Å²) < 4.78 is 6.19. The number of rotatable bonds is 12. The second kappa shape index (κ2) is 13.6. The zero-order valence-corrected chi connectivity index (χ0v) is 19.5. The fourth-order valence-corrected chi connectivity index (χ4v) is 3.55. The Morgan fingerprint density at radius 2 is 1.71 bits per heavy atom. The number of halogens is 1. The predicted octanol–water partition coefficient (Wildman–Crippen LogP) is 3.29. The third kappa shape index (κ3) is 10.3. The number of nitrogens with two attached hydrogens (primary N) is 1. The smallest absolute Gasteiger partial charge is 0.407 e. The minimum atomic E-state index is -0.730. The summed E-state index contributed by atoms with van der Waals surface area (Å²) in [7, 11) is 0. The van der Waals surface area contributed by atoms with Crippen LogP contribution in [0.2, 0.25) is 0 Å². The van der Waals surface area contributed by atoms with Crippen molar-refractivity contribution in [2.45, 2.75) is 44.8 Å². The van der Waals surface area contributed by atoms with Crippen LogP contribution in [-0.2, 0) is 27.4 Å². The molecule has 0 aliphatic carbocycles. The molecular formula is C23H28IN3O4. The highest BCUT2D eigenvalue weighted by Crippen LogP contribution is 2.10. The van der Waals surface area contributed by atoms with E-state index in [1.807, 2.05) is 54.6 Å². The number of ether oxygens (including phenoxy) is 1. The van der Waals surface area contributed by atoms with Crippen molar-refractivity contribution in [1.29, 1.82) is 0 Å². The van der Waals surface area contributed by atoms with Gasteiger partial charge in [-0.15, -0.1) is 0 Å². The first-order chi connectivity index (χ1) is 14.9. The molecule has 1 atom stereocenters. The van der Waals surface area contributed by atoms with E-state index in [2.05, 4.69) is 33.2 Å². The van der Waals surface area contributed by atoms with Crippen molar-refractivity contribution in [2.75, 3.05) is 6.54 Å². The van der Waals surface area contributed by atoms with E-state index in [1.54, 1.807) is 0 Å². The molecule has 8 heteroatoms. The molecule has 0 aliphatic heterocycles. The molecule has 4 N–H and O–H groups in total. The predicted molar refractivity (Wildman–Crippen MR) is 127 cm³/mol. The van der Waals surface area contributed by atoms with E-state index < -0.39 is 18.0 Å². The molecule has 0 bridgehead atoms. The maximum atomic E-state index is 12.2. The van der Waals surface area contributed by atoms with Gasteiger partial charge in [-0.1, -0.05) is 48.9 Å². The Morgan fingerprint density at radius 1 is 0.968 bits per heavy atom. The van der Waals surface area contributed by atoms with Gasteiger partial charge < -0.3 is 21.1 Å². The average Bonchev–Trinajstić information content (AvgIpc) is 2.75. The molecule has 0 saturated carbocycles. The first-order valence-electron chi connectivity index (χ1n) is 10.2. The molecule has 3 amide bonds. The quantitative estimate of drug-likeness (QED) is 0.285. The molecule has 0 radical (unpaired) electrons. The number of carbonyl (C=O) groups is 3. The highest BCUT2D eigenvalue weighted by atomic mass is 127. The number of hydrogen-bond donors (Lipinski definition) is 3. The Hall–Kier alpha value is -2.62. The molecule has 31 heavy (non-hydrogen) atoms. The minimum Gasteiger partial charge on any atom is -0.445 e. The van der Waals surface area contributed by atoms with Crippen molar-refractivity contribution >= 4 is 40.5 Å². The lowest BCUT2D eigenvalue weighted by Gasteiger charge is -2.16. The fraction of sp³-hybridized carbons (Fsp3) is 0.348. The monoisotopic (exact) mass is 537 g/mol. The summed E-state index contributed by atoms with van der Waals surface area (Å²) >= 11 is 2.20. The average molecular weight is 537 g/mol. The molecule has 0 saturated heterocycles. The van der Waals surface area contributed by atoms with Gasteiger partial charge in [0.1, 0.15) is 12.6 Å². The molecule has 0 heterocycles. The summed E-state index contributed by atoms with van der Waals surface area (Å²) in [5, 5.41) is 5.42. The highest BCUT2D eigenvalue weighted by Gasteiger charge is 2.18. The summed E-state index contributed by atoms with van der Waals surface area (Å²) in [5.41, 5.74) is 7.32. The molecule has 2 aromatic rings. The molecular weight excluding hydrogens is 509 g/mol. The lowest BCUT2D eigenvalue weighted by molar-refractivity contribution is -0.127. The van der Waals surface area contributed by atoms with Gasteiger partial charge in [-0.05, 0) is 58.7 Å². The van der Waals surface area contributed by atoms with Gasteiger partial charge in [-0.2, -0.15) is 0 Å². The maximum absolute atomic E-state index is 12.2. The van der Waals surface area contributed by atoms with Gasteiger partial charge in [-0.3, -0.25) is 9.59 Å². The van der Waals surface area contributed by atoms with Gasteiger partial charge in [0.15, 0.2) is 0 Å². The Kier molecular flexibility index (Phi) is 10.8. The number of unbranched alkanes of at least 4 members (excludes halogenated alkanes) is 2. The van der Waals surface area contributed by atoms with E-state index in [0.717, 1.165) is 27.5 Å². The fourth-order valence-electron chi connectivity index (χ4n) is 2.94. The Morgan fingerprint density at radius 3 is 2.42 bits per heavy atom. The van der Waals surface area contributed by atoms with Crippen molar-refractivity contribution in [2.24, 2.45) is 5.73 Å². The number of amides is 3. The zero-order chi connectivity index (χ0) is 22.5. The van der Waals surface area contributed by atoms with Gasteiger partial charge in [0.2, 0.25) is 11.8 Å². The third-order valence-electron chi connectivity index (χ3n) is 4.57. The lowest BCUT2D eigenvalue weighted by Crippen LogP contribution is -2.45. The van der Waals surface area contributed by atoms with Crippen molar-refractivity contribution in [3.8, 4) is 0 Å². The van der Waals surface area contributed by atoms with Crippen molar-refractivity contribution < 1.29 is 19.1 Å². The molecule has 2 aromatic carbocycles. The van der Waals surface area contributed by atoms with Crippen LogP contribution >= 0.6 is 22.6 Å². The highest BCUT2D eigenvalue weighted by molar-refractivity contribution is 14.1. The van der Waals surface area contributed by atoms with Gasteiger partial charge >= 0.3 is 6.09 Å². The van der Waals surface area contributed by atoms with E-state index in [-0.39, 0.29) is 12.5 Å². The van der Waals surface area contributed by atoms with E-state index in [9.17, 15) is 14.4 Å². The van der Waals surface area contributed by atoms with Gasteiger partial charge in [0.25, 0.3) is 0 Å². The molecule has 0 aliphatic rings. The summed E-state index contributed by atoms with van der Waals surface area (Å²) in [6, 6.07) is 16.5. The van der Waals surface area contributed by atoms with Gasteiger partial charge in [0.05, 0.1) is 0 Å². The summed E-state index contributed by atoms with van der Waals surface area (Å²) in [6.45, 7) is 0.710. The number of primary amides is 1. The van der Waals surface area contributed by atoms with Crippen LogP contribution in [0.25, 0.3) is 0 Å². The summed E-state index contributed by atoms with van der Waals surface area (Å²) in [6.07, 6.45) is 2.37. The van der Waals surface area contributed by atoms with Gasteiger partial charge in [0, 0.05) is 23.0 Å². The van der Waals surface area contributed by atoms with E-state index >= 15 is 0 Å². The second-order valence-electron chi connectivity index (χ2n) is 7.16.